The van der Waals surface area contributed by atoms with Crippen molar-refractivity contribution in [3.63, 3.8) is 0 Å². The number of hydrogen-bond acceptors (Lipinski definition) is 5. The van der Waals surface area contributed by atoms with Gasteiger partial charge in [-0.25, -0.2) is 0 Å². The average molecular weight is 203 g/mol. The molecule has 0 spiro atoms. The fourth-order valence-electron chi connectivity index (χ4n) is 0.867. The fourth-order valence-corrected chi connectivity index (χ4v) is 0.867. The number of rotatable bonds is 4. The van der Waals surface area contributed by atoms with Crippen LogP contribution in [0.15, 0.2) is 24.3 Å². The third-order valence-electron chi connectivity index (χ3n) is 1.41. The van der Waals surface area contributed by atoms with Crippen molar-refractivity contribution in [1.29, 1.82) is 0 Å². The third-order valence-corrected chi connectivity index (χ3v) is 1.41. The van der Waals surface area contributed by atoms with Gasteiger partial charge in [0.1, 0.15) is 6.61 Å². The van der Waals surface area contributed by atoms with E-state index in [1.54, 1.807) is 0 Å². The summed E-state index contributed by atoms with van der Waals surface area (Å²) in [6.07, 6.45) is 0. The van der Waals surface area contributed by atoms with Gasteiger partial charge >= 0.3 is 24.5 Å². The van der Waals surface area contributed by atoms with Gasteiger partial charge in [0.2, 0.25) is 0 Å². The Labute approximate surface area is 97.2 Å². The Kier molecular flexibility index (Phi) is 5.45. The summed E-state index contributed by atoms with van der Waals surface area (Å²) in [7, 11) is 0. The Morgan fingerprint density at radius 2 is 2.00 bits per heavy atom. The van der Waals surface area contributed by atoms with Gasteiger partial charge in [0, 0.05) is 6.07 Å². The van der Waals surface area contributed by atoms with Gasteiger partial charge in [0.25, 0.3) is 0 Å². The van der Waals surface area contributed by atoms with Crippen LogP contribution in [-0.2, 0) is 4.79 Å². The SMILES string of the molecule is O=C([O-])COc1ccccc1[N+](=O)[O-].[Li+]. The number of aliphatic carboxylic acids is 1. The van der Waals surface area contributed by atoms with Gasteiger partial charge in [-0.1, -0.05) is 12.1 Å². The summed E-state index contributed by atoms with van der Waals surface area (Å²) in [5, 5.41) is 20.5. The molecule has 6 nitrogen and oxygen atoms in total. The van der Waals surface area contributed by atoms with Crippen molar-refractivity contribution in [1.82, 2.24) is 0 Å². The predicted molar refractivity (Wildman–Crippen MR) is 43.6 cm³/mol. The molecule has 0 bridgehead atoms. The van der Waals surface area contributed by atoms with Crippen LogP contribution < -0.4 is 28.7 Å². The number of hydrogen-bond donors (Lipinski definition) is 0. The number of carboxylic acids is 1. The standard InChI is InChI=1S/C8H7NO5.Li/c10-8(11)5-14-7-4-2-1-3-6(7)9(12)13;/h1-4H,5H2,(H,10,11);/q;+1/p-1. The molecule has 0 atom stereocenters. The summed E-state index contributed by atoms with van der Waals surface area (Å²) in [6, 6.07) is 5.52. The van der Waals surface area contributed by atoms with E-state index in [9.17, 15) is 20.0 Å². The molecule has 0 saturated carbocycles. The molecule has 1 rings (SSSR count). The van der Waals surface area contributed by atoms with Crippen LogP contribution in [0.2, 0.25) is 0 Å². The maximum Gasteiger partial charge on any atom is 1.00 e. The maximum atomic E-state index is 10.4. The van der Waals surface area contributed by atoms with Crippen LogP contribution in [0.4, 0.5) is 5.69 Å². The van der Waals surface area contributed by atoms with E-state index in [1.807, 2.05) is 0 Å². The number of ether oxygens (including phenoxy) is 1. The molecule has 0 aliphatic heterocycles. The zero-order valence-electron chi connectivity index (χ0n) is 8.00. The zero-order chi connectivity index (χ0) is 10.6. The molecule has 0 saturated heterocycles. The first kappa shape index (κ1) is 13.5. The molecular weight excluding hydrogens is 197 g/mol. The average Bonchev–Trinajstić information content (AvgIpc) is 2.15. The molecule has 7 heteroatoms. The smallest absolute Gasteiger partial charge is 0.546 e. The Bertz CT molecular complexity index is 368. The molecule has 0 amide bonds. The first-order chi connectivity index (χ1) is 6.61. The van der Waals surface area contributed by atoms with Crippen LogP contribution in [0.5, 0.6) is 5.75 Å². The maximum absolute atomic E-state index is 10.4. The number of para-hydroxylation sites is 2. The van der Waals surface area contributed by atoms with E-state index in [2.05, 4.69) is 4.74 Å². The van der Waals surface area contributed by atoms with E-state index >= 15 is 0 Å². The molecule has 0 radical (unpaired) electrons. The predicted octanol–water partition coefficient (Wildman–Crippen LogP) is -3.27. The number of nitrogens with zero attached hydrogens (tertiary/aromatic N) is 1. The molecule has 0 aliphatic rings. The summed E-state index contributed by atoms with van der Waals surface area (Å²) in [4.78, 5) is 19.8. The molecular formula is C8H6LiNO5. The quantitative estimate of drug-likeness (QED) is 0.291. The fraction of sp³-hybridized carbons (Fsp3) is 0.125. The molecule has 0 unspecified atom stereocenters. The largest absolute Gasteiger partial charge is 1.00 e. The van der Waals surface area contributed by atoms with Crippen molar-refractivity contribution in [3.05, 3.63) is 34.4 Å². The summed E-state index contributed by atoms with van der Waals surface area (Å²) in [6.45, 7) is -0.704. The van der Waals surface area contributed by atoms with Gasteiger partial charge in [-0.05, 0) is 6.07 Å². The van der Waals surface area contributed by atoms with Crippen LogP contribution in [0, 0.1) is 10.1 Å². The van der Waals surface area contributed by atoms with E-state index in [0.717, 1.165) is 0 Å². The van der Waals surface area contributed by atoms with Crippen LogP contribution in [-0.4, -0.2) is 17.5 Å². The summed E-state index contributed by atoms with van der Waals surface area (Å²) < 4.78 is 4.66. The van der Waals surface area contributed by atoms with Gasteiger partial charge in [0.05, 0.1) is 10.9 Å². The molecule has 0 N–H and O–H groups in total. The number of nitro benzene ring substituents is 1. The Hall–Kier alpha value is -1.51. The van der Waals surface area contributed by atoms with Crippen LogP contribution in [0.3, 0.4) is 0 Å². The van der Waals surface area contributed by atoms with Gasteiger partial charge in [0.15, 0.2) is 5.75 Å². The molecule has 15 heavy (non-hydrogen) atoms. The van der Waals surface area contributed by atoms with Crippen molar-refractivity contribution in [2.45, 2.75) is 0 Å². The molecule has 0 heterocycles. The van der Waals surface area contributed by atoms with Crippen molar-refractivity contribution < 1.29 is 38.4 Å². The second-order valence-electron chi connectivity index (χ2n) is 2.39. The summed E-state index contributed by atoms with van der Waals surface area (Å²) in [5.41, 5.74) is -0.270. The number of benzene rings is 1. The van der Waals surface area contributed by atoms with E-state index in [4.69, 9.17) is 0 Å². The van der Waals surface area contributed by atoms with Crippen molar-refractivity contribution >= 4 is 11.7 Å². The molecule has 0 aromatic heterocycles. The van der Waals surface area contributed by atoms with E-state index in [1.165, 1.54) is 24.3 Å². The minimum absolute atomic E-state index is 0. The monoisotopic (exact) mass is 203 g/mol. The van der Waals surface area contributed by atoms with Gasteiger partial charge < -0.3 is 14.6 Å². The van der Waals surface area contributed by atoms with Gasteiger partial charge in [-0.2, -0.15) is 0 Å². The van der Waals surface area contributed by atoms with E-state index < -0.39 is 17.5 Å². The summed E-state index contributed by atoms with van der Waals surface area (Å²) in [5.74, 6) is -1.51. The van der Waals surface area contributed by atoms with Crippen LogP contribution in [0.1, 0.15) is 0 Å². The molecule has 1 aromatic carbocycles. The topological polar surface area (TPSA) is 92.5 Å². The van der Waals surface area contributed by atoms with Gasteiger partial charge in [-0.15, -0.1) is 0 Å². The normalized spacial score (nSPS) is 8.80. The molecule has 1 aromatic rings. The number of carbonyl (C=O) groups excluding carboxylic acids is 1. The van der Waals surface area contributed by atoms with Gasteiger partial charge in [-0.3, -0.25) is 10.1 Å². The number of carboxylic acid groups (broad SMARTS) is 1. The third kappa shape index (κ3) is 4.02. The Morgan fingerprint density at radius 1 is 1.40 bits per heavy atom. The van der Waals surface area contributed by atoms with Crippen LogP contribution >= 0.6 is 0 Å². The molecule has 0 aliphatic carbocycles. The Morgan fingerprint density at radius 3 is 2.53 bits per heavy atom. The molecule has 0 fully saturated rings. The van der Waals surface area contributed by atoms with Crippen molar-refractivity contribution in [2.75, 3.05) is 6.61 Å². The molecule has 74 valence electrons. The minimum atomic E-state index is -1.43. The van der Waals surface area contributed by atoms with Crippen LogP contribution in [0.25, 0.3) is 0 Å². The zero-order valence-corrected chi connectivity index (χ0v) is 8.00. The first-order valence-corrected chi connectivity index (χ1v) is 3.67. The second-order valence-corrected chi connectivity index (χ2v) is 2.39. The van der Waals surface area contributed by atoms with E-state index in [0.29, 0.717) is 0 Å². The van der Waals surface area contributed by atoms with Crippen molar-refractivity contribution in [3.8, 4) is 5.75 Å². The summed E-state index contributed by atoms with van der Waals surface area (Å²) >= 11 is 0. The Balaban J connectivity index is 0.00000196. The number of carbonyl (C=O) groups is 1. The van der Waals surface area contributed by atoms with E-state index in [-0.39, 0.29) is 30.3 Å². The first-order valence-electron chi connectivity index (χ1n) is 3.67. The number of nitro groups is 1. The minimum Gasteiger partial charge on any atom is -0.546 e. The second kappa shape index (κ2) is 6.06. The van der Waals surface area contributed by atoms with Crippen molar-refractivity contribution in [2.24, 2.45) is 0 Å².